The molecule has 1 aliphatic heterocycles. The number of amides is 1. The van der Waals surface area contributed by atoms with Gasteiger partial charge in [-0.15, -0.1) is 0 Å². The van der Waals surface area contributed by atoms with Crippen molar-refractivity contribution in [3.8, 4) is 5.75 Å². The zero-order valence-corrected chi connectivity index (χ0v) is 12.4. The van der Waals surface area contributed by atoms with Gasteiger partial charge in [0.05, 0.1) is 0 Å². The van der Waals surface area contributed by atoms with Crippen molar-refractivity contribution in [2.45, 2.75) is 13.3 Å². The van der Waals surface area contributed by atoms with Gasteiger partial charge < -0.3 is 9.64 Å². The number of nitrogens with zero attached hydrogens (tertiary/aromatic N) is 1. The van der Waals surface area contributed by atoms with Gasteiger partial charge in [-0.25, -0.2) is 9.18 Å². The molecule has 1 aromatic carbocycles. The van der Waals surface area contributed by atoms with Crippen molar-refractivity contribution in [3.05, 3.63) is 28.0 Å². The van der Waals surface area contributed by atoms with E-state index in [1.165, 1.54) is 19.4 Å². The zero-order chi connectivity index (χ0) is 14.4. The summed E-state index contributed by atoms with van der Waals surface area (Å²) in [6.07, 6.45) is 0.648. The molecule has 1 saturated heterocycles. The minimum atomic E-state index is -0.712. The molecule has 1 amide bonds. The number of piperidine rings is 1. The van der Waals surface area contributed by atoms with Gasteiger partial charge in [-0.3, -0.25) is 4.79 Å². The third-order valence-electron chi connectivity index (χ3n) is 3.84. The van der Waals surface area contributed by atoms with Crippen molar-refractivity contribution >= 4 is 27.8 Å². The summed E-state index contributed by atoms with van der Waals surface area (Å²) in [6.45, 7) is 2.73. The van der Waals surface area contributed by atoms with E-state index in [1.54, 1.807) is 4.90 Å². The Balaban J connectivity index is 1.75. The molecule has 106 valence electrons. The summed E-state index contributed by atoms with van der Waals surface area (Å²) in [7, 11) is 0. The molecule has 1 aliphatic carbocycles. The van der Waals surface area contributed by atoms with Crippen molar-refractivity contribution < 1.29 is 18.7 Å². The number of rotatable bonds is 2. The number of benzene rings is 1. The minimum Gasteiger partial charge on any atom is -0.407 e. The van der Waals surface area contributed by atoms with E-state index in [4.69, 9.17) is 4.74 Å². The van der Waals surface area contributed by atoms with E-state index in [9.17, 15) is 14.0 Å². The lowest BCUT2D eigenvalue weighted by Gasteiger charge is -2.17. The van der Waals surface area contributed by atoms with E-state index >= 15 is 0 Å². The van der Waals surface area contributed by atoms with Crippen LogP contribution in [0.5, 0.6) is 5.75 Å². The molecule has 2 aliphatic rings. The number of halogens is 2. The Morgan fingerprint density at radius 3 is 2.60 bits per heavy atom. The van der Waals surface area contributed by atoms with Gasteiger partial charge in [0.1, 0.15) is 0 Å². The number of hydrogen-bond donors (Lipinski definition) is 0. The number of carbonyl (C=O) groups is 2. The predicted octanol–water partition coefficient (Wildman–Crippen LogP) is 3.24. The summed E-state index contributed by atoms with van der Waals surface area (Å²) in [5.74, 6) is 0.0651. The molecule has 0 N–H and O–H groups in total. The lowest BCUT2D eigenvalue weighted by atomic mass is 10.1. The van der Waals surface area contributed by atoms with Crippen molar-refractivity contribution in [1.29, 1.82) is 0 Å². The molecule has 0 spiro atoms. The average Bonchev–Trinajstić information content (AvgIpc) is 2.99. The van der Waals surface area contributed by atoms with Gasteiger partial charge >= 0.3 is 6.09 Å². The highest BCUT2D eigenvalue weighted by Crippen LogP contribution is 2.45. The number of hydrogen-bond acceptors (Lipinski definition) is 3. The van der Waals surface area contributed by atoms with Gasteiger partial charge in [0.15, 0.2) is 17.3 Å². The number of fused-ring (bicyclic) bond motifs is 1. The molecule has 1 aromatic rings. The monoisotopic (exact) mass is 341 g/mol. The first-order valence-corrected chi connectivity index (χ1v) is 7.21. The van der Waals surface area contributed by atoms with Crippen LogP contribution in [0.15, 0.2) is 16.6 Å². The van der Waals surface area contributed by atoms with Gasteiger partial charge in [0.25, 0.3) is 0 Å². The standard InChI is InChI=1S/C14H13BrFNO3/c1-7(18)10-3-12(16)13(4-11(10)15)20-14(19)17-5-8-2-9(8)6-17/h3-4,8-9H,2,5-6H2,1H3. The molecule has 4 nitrogen and oxygen atoms in total. The highest BCUT2D eigenvalue weighted by Gasteiger charge is 2.47. The average molecular weight is 342 g/mol. The molecule has 1 heterocycles. The number of carbonyl (C=O) groups excluding carboxylic acids is 2. The first-order chi connectivity index (χ1) is 9.45. The second kappa shape index (κ2) is 4.84. The fourth-order valence-electron chi connectivity index (χ4n) is 2.58. The maximum atomic E-state index is 13.9. The molecule has 2 unspecified atom stereocenters. The van der Waals surface area contributed by atoms with Crippen LogP contribution in [-0.4, -0.2) is 29.9 Å². The molecule has 3 rings (SSSR count). The summed E-state index contributed by atoms with van der Waals surface area (Å²) in [4.78, 5) is 24.8. The second-order valence-corrected chi connectivity index (χ2v) is 6.20. The van der Waals surface area contributed by atoms with Crippen LogP contribution in [0.3, 0.4) is 0 Å². The van der Waals surface area contributed by atoms with Crippen LogP contribution < -0.4 is 4.74 Å². The third kappa shape index (κ3) is 2.44. The maximum absolute atomic E-state index is 13.9. The highest BCUT2D eigenvalue weighted by atomic mass is 79.9. The van der Waals surface area contributed by atoms with Crippen molar-refractivity contribution in [2.24, 2.45) is 11.8 Å². The van der Waals surface area contributed by atoms with Crippen molar-refractivity contribution in [3.63, 3.8) is 0 Å². The first kappa shape index (κ1) is 13.5. The van der Waals surface area contributed by atoms with E-state index in [0.29, 0.717) is 29.4 Å². The van der Waals surface area contributed by atoms with E-state index < -0.39 is 11.9 Å². The van der Waals surface area contributed by atoms with E-state index in [-0.39, 0.29) is 17.1 Å². The van der Waals surface area contributed by atoms with Gasteiger partial charge in [0, 0.05) is 23.1 Å². The normalized spacial score (nSPS) is 23.4. The molecule has 0 aromatic heterocycles. The van der Waals surface area contributed by atoms with Crippen LogP contribution in [0, 0.1) is 17.7 Å². The number of ketones is 1. The molecular formula is C14H13BrFNO3. The van der Waals surface area contributed by atoms with Gasteiger partial charge in [-0.05, 0) is 53.2 Å². The smallest absolute Gasteiger partial charge is 0.407 e. The fraction of sp³-hybridized carbons (Fsp3) is 0.429. The summed E-state index contributed by atoms with van der Waals surface area (Å²) in [6, 6.07) is 2.40. The van der Waals surface area contributed by atoms with Crippen molar-refractivity contribution in [1.82, 2.24) is 4.90 Å². The number of likely N-dealkylation sites (tertiary alicyclic amines) is 1. The molecule has 0 bridgehead atoms. The SMILES string of the molecule is CC(=O)c1cc(F)c(OC(=O)N2CC3CC3C2)cc1Br. The van der Waals surface area contributed by atoms with Crippen LogP contribution in [0.4, 0.5) is 9.18 Å². The van der Waals surface area contributed by atoms with Gasteiger partial charge in [-0.2, -0.15) is 0 Å². The van der Waals surface area contributed by atoms with Gasteiger partial charge in [-0.1, -0.05) is 0 Å². The Kier molecular flexibility index (Phi) is 3.28. The molecule has 20 heavy (non-hydrogen) atoms. The summed E-state index contributed by atoms with van der Waals surface area (Å²) in [5.41, 5.74) is 0.227. The van der Waals surface area contributed by atoms with Crippen LogP contribution in [0.1, 0.15) is 23.7 Å². The zero-order valence-electron chi connectivity index (χ0n) is 10.9. The largest absolute Gasteiger partial charge is 0.415 e. The Bertz CT molecular complexity index is 594. The quantitative estimate of drug-likeness (QED) is 0.776. The Hall–Kier alpha value is -1.43. The minimum absolute atomic E-state index is 0.160. The summed E-state index contributed by atoms with van der Waals surface area (Å²) >= 11 is 3.18. The van der Waals surface area contributed by atoms with Crippen LogP contribution in [0.25, 0.3) is 0 Å². The Labute approximate surface area is 124 Å². The maximum Gasteiger partial charge on any atom is 0.415 e. The lowest BCUT2D eigenvalue weighted by molar-refractivity contribution is 0.101. The van der Waals surface area contributed by atoms with Gasteiger partial charge in [0.2, 0.25) is 0 Å². The predicted molar refractivity (Wildman–Crippen MR) is 73.3 cm³/mol. The molecule has 2 atom stereocenters. The number of Topliss-reactive ketones (excluding diaryl/α,β-unsaturated/α-hetero) is 1. The Morgan fingerprint density at radius 1 is 1.35 bits per heavy atom. The molecule has 2 fully saturated rings. The molecule has 1 saturated carbocycles. The van der Waals surface area contributed by atoms with E-state index in [1.807, 2.05) is 0 Å². The number of ether oxygens (including phenoxy) is 1. The van der Waals surface area contributed by atoms with E-state index in [2.05, 4.69) is 15.9 Å². The molecule has 0 radical (unpaired) electrons. The fourth-order valence-corrected chi connectivity index (χ4v) is 3.18. The highest BCUT2D eigenvalue weighted by molar-refractivity contribution is 9.10. The Morgan fingerprint density at radius 2 is 2.00 bits per heavy atom. The summed E-state index contributed by atoms with van der Waals surface area (Å²) < 4.78 is 19.4. The van der Waals surface area contributed by atoms with Crippen molar-refractivity contribution in [2.75, 3.05) is 13.1 Å². The third-order valence-corrected chi connectivity index (χ3v) is 4.49. The van der Waals surface area contributed by atoms with Crippen LogP contribution in [-0.2, 0) is 0 Å². The second-order valence-electron chi connectivity index (χ2n) is 5.35. The topological polar surface area (TPSA) is 46.6 Å². The molecule has 6 heteroatoms. The summed E-state index contributed by atoms with van der Waals surface area (Å²) in [5, 5.41) is 0. The first-order valence-electron chi connectivity index (χ1n) is 6.42. The van der Waals surface area contributed by atoms with E-state index in [0.717, 1.165) is 6.07 Å². The lowest BCUT2D eigenvalue weighted by Crippen LogP contribution is -2.33. The van der Waals surface area contributed by atoms with Crippen LogP contribution >= 0.6 is 15.9 Å². The molecular weight excluding hydrogens is 329 g/mol. The van der Waals surface area contributed by atoms with Crippen LogP contribution in [0.2, 0.25) is 0 Å².